The molecule has 0 aromatic heterocycles. The number of rotatable bonds is 3. The fraction of sp³-hybridized carbons (Fsp3) is 0.625. The van der Waals surface area contributed by atoms with E-state index >= 15 is 0 Å². The van der Waals surface area contributed by atoms with Gasteiger partial charge in [0.25, 0.3) is 0 Å². The standard InChI is InChI=1S/C16H24N2OS/c17-18-15(13-4-2-1-3-5-13)14-6-9-19-16(12-14)7-10-20-11-8-16/h1-5,14-15,18H,6-12,17H2. The maximum absolute atomic E-state index is 6.19. The van der Waals surface area contributed by atoms with Crippen molar-refractivity contribution in [1.82, 2.24) is 5.43 Å². The van der Waals surface area contributed by atoms with E-state index in [0.717, 1.165) is 19.4 Å². The molecule has 0 amide bonds. The fourth-order valence-electron chi connectivity index (χ4n) is 3.61. The van der Waals surface area contributed by atoms with Gasteiger partial charge in [-0.05, 0) is 48.7 Å². The van der Waals surface area contributed by atoms with Gasteiger partial charge in [0, 0.05) is 12.6 Å². The van der Waals surface area contributed by atoms with Crippen molar-refractivity contribution in [3.8, 4) is 0 Å². The number of hydrogen-bond donors (Lipinski definition) is 2. The number of hydrazine groups is 1. The highest BCUT2D eigenvalue weighted by molar-refractivity contribution is 7.99. The first-order valence-corrected chi connectivity index (χ1v) is 8.71. The molecule has 0 saturated carbocycles. The maximum Gasteiger partial charge on any atom is 0.0701 e. The average molecular weight is 292 g/mol. The predicted octanol–water partition coefficient (Wildman–Crippen LogP) is 2.88. The summed E-state index contributed by atoms with van der Waals surface area (Å²) >= 11 is 2.05. The highest BCUT2D eigenvalue weighted by Gasteiger charge is 2.41. The lowest BCUT2D eigenvalue weighted by atomic mass is 9.77. The molecular formula is C16H24N2OS. The Kier molecular flexibility index (Phi) is 4.66. The SMILES string of the molecule is NNC(c1ccccc1)C1CCOC2(CCSCC2)C1. The van der Waals surface area contributed by atoms with E-state index in [9.17, 15) is 0 Å². The third-order valence-electron chi connectivity index (χ3n) is 4.74. The normalized spacial score (nSPS) is 27.4. The van der Waals surface area contributed by atoms with Crippen LogP contribution >= 0.6 is 11.8 Å². The quantitative estimate of drug-likeness (QED) is 0.664. The minimum atomic E-state index is 0.123. The molecule has 110 valence electrons. The number of nitrogens with two attached hydrogens (primary N) is 1. The van der Waals surface area contributed by atoms with Crippen molar-refractivity contribution >= 4 is 11.8 Å². The van der Waals surface area contributed by atoms with Crippen LogP contribution in [0.5, 0.6) is 0 Å². The summed E-state index contributed by atoms with van der Waals surface area (Å²) in [7, 11) is 0. The van der Waals surface area contributed by atoms with Crippen molar-refractivity contribution in [3.05, 3.63) is 35.9 Å². The van der Waals surface area contributed by atoms with Crippen LogP contribution < -0.4 is 11.3 Å². The molecule has 2 aliphatic rings. The Bertz CT molecular complexity index is 414. The first kappa shape index (κ1) is 14.4. The molecule has 2 unspecified atom stereocenters. The van der Waals surface area contributed by atoms with Crippen LogP contribution in [0.4, 0.5) is 0 Å². The van der Waals surface area contributed by atoms with Gasteiger partial charge in [-0.2, -0.15) is 11.8 Å². The number of ether oxygens (including phenoxy) is 1. The van der Waals surface area contributed by atoms with Crippen LogP contribution in [0, 0.1) is 5.92 Å². The molecule has 3 N–H and O–H groups in total. The third-order valence-corrected chi connectivity index (χ3v) is 5.73. The van der Waals surface area contributed by atoms with E-state index in [1.807, 2.05) is 0 Å². The highest BCUT2D eigenvalue weighted by atomic mass is 32.2. The zero-order chi connectivity index (χ0) is 13.8. The maximum atomic E-state index is 6.19. The van der Waals surface area contributed by atoms with Gasteiger partial charge in [-0.3, -0.25) is 11.3 Å². The third kappa shape index (κ3) is 3.03. The van der Waals surface area contributed by atoms with Crippen LogP contribution in [-0.4, -0.2) is 23.7 Å². The summed E-state index contributed by atoms with van der Waals surface area (Å²) in [4.78, 5) is 0. The molecule has 2 fully saturated rings. The molecule has 2 saturated heterocycles. The summed E-state index contributed by atoms with van der Waals surface area (Å²) < 4.78 is 6.19. The molecule has 1 spiro atoms. The smallest absolute Gasteiger partial charge is 0.0701 e. The van der Waals surface area contributed by atoms with Gasteiger partial charge in [-0.1, -0.05) is 30.3 Å². The van der Waals surface area contributed by atoms with E-state index < -0.39 is 0 Å². The fourth-order valence-corrected chi connectivity index (χ4v) is 4.84. The van der Waals surface area contributed by atoms with Crippen LogP contribution in [-0.2, 0) is 4.74 Å². The summed E-state index contributed by atoms with van der Waals surface area (Å²) in [5.74, 6) is 8.90. The molecule has 1 aromatic carbocycles. The van der Waals surface area contributed by atoms with E-state index in [1.54, 1.807) is 0 Å². The molecule has 1 aromatic rings. The van der Waals surface area contributed by atoms with Crippen molar-refractivity contribution in [3.63, 3.8) is 0 Å². The zero-order valence-corrected chi connectivity index (χ0v) is 12.7. The molecule has 2 aliphatic heterocycles. The first-order valence-electron chi connectivity index (χ1n) is 7.56. The second kappa shape index (κ2) is 6.48. The van der Waals surface area contributed by atoms with Crippen LogP contribution in [0.15, 0.2) is 30.3 Å². The lowest BCUT2D eigenvalue weighted by Crippen LogP contribution is -2.46. The molecule has 20 heavy (non-hydrogen) atoms. The van der Waals surface area contributed by atoms with Crippen molar-refractivity contribution in [2.75, 3.05) is 18.1 Å². The van der Waals surface area contributed by atoms with Gasteiger partial charge in [0.15, 0.2) is 0 Å². The Labute approximate surface area is 125 Å². The number of nitrogens with one attached hydrogen (secondary N) is 1. The van der Waals surface area contributed by atoms with Gasteiger partial charge in [0.2, 0.25) is 0 Å². The summed E-state index contributed by atoms with van der Waals surface area (Å²) in [6, 6.07) is 10.8. The summed E-state index contributed by atoms with van der Waals surface area (Å²) in [6.45, 7) is 0.875. The molecule has 3 nitrogen and oxygen atoms in total. The Morgan fingerprint density at radius 2 is 2.00 bits per heavy atom. The highest BCUT2D eigenvalue weighted by Crippen LogP contribution is 2.43. The second-order valence-corrected chi connectivity index (χ2v) is 7.18. The Balaban J connectivity index is 1.75. The summed E-state index contributed by atoms with van der Waals surface area (Å²) in [5.41, 5.74) is 4.47. The largest absolute Gasteiger partial charge is 0.375 e. The van der Waals surface area contributed by atoms with Crippen LogP contribution in [0.2, 0.25) is 0 Å². The van der Waals surface area contributed by atoms with Crippen LogP contribution in [0.25, 0.3) is 0 Å². The molecule has 3 rings (SSSR count). The van der Waals surface area contributed by atoms with E-state index in [1.165, 1.54) is 29.9 Å². The molecular weight excluding hydrogens is 268 g/mol. The number of thioether (sulfide) groups is 1. The summed E-state index contributed by atoms with van der Waals surface area (Å²) in [5, 5.41) is 0. The van der Waals surface area contributed by atoms with Crippen molar-refractivity contribution in [1.29, 1.82) is 0 Å². The Morgan fingerprint density at radius 1 is 1.25 bits per heavy atom. The Hall–Kier alpha value is -0.550. The molecule has 0 radical (unpaired) electrons. The zero-order valence-electron chi connectivity index (χ0n) is 11.9. The van der Waals surface area contributed by atoms with Gasteiger partial charge >= 0.3 is 0 Å². The lowest BCUT2D eigenvalue weighted by molar-refractivity contribution is -0.107. The average Bonchev–Trinajstić information content (AvgIpc) is 2.50. The lowest BCUT2D eigenvalue weighted by Gasteiger charge is -2.45. The molecule has 0 bridgehead atoms. The number of hydrogen-bond acceptors (Lipinski definition) is 4. The van der Waals surface area contributed by atoms with Gasteiger partial charge in [-0.15, -0.1) is 0 Å². The van der Waals surface area contributed by atoms with Crippen LogP contribution in [0.3, 0.4) is 0 Å². The van der Waals surface area contributed by atoms with Crippen molar-refractivity contribution < 1.29 is 4.74 Å². The van der Waals surface area contributed by atoms with E-state index in [2.05, 4.69) is 47.5 Å². The van der Waals surface area contributed by atoms with Crippen LogP contribution in [0.1, 0.15) is 37.3 Å². The van der Waals surface area contributed by atoms with E-state index in [-0.39, 0.29) is 11.6 Å². The van der Waals surface area contributed by atoms with Gasteiger partial charge < -0.3 is 4.74 Å². The second-order valence-electron chi connectivity index (χ2n) is 5.95. The molecule has 2 atom stereocenters. The van der Waals surface area contributed by atoms with Gasteiger partial charge in [0.05, 0.1) is 5.60 Å². The topological polar surface area (TPSA) is 47.3 Å². The Morgan fingerprint density at radius 3 is 2.70 bits per heavy atom. The minimum absolute atomic E-state index is 0.123. The van der Waals surface area contributed by atoms with E-state index in [4.69, 9.17) is 10.6 Å². The van der Waals surface area contributed by atoms with Crippen molar-refractivity contribution in [2.24, 2.45) is 11.8 Å². The predicted molar refractivity (Wildman–Crippen MR) is 84.5 cm³/mol. The summed E-state index contributed by atoms with van der Waals surface area (Å²) in [6.07, 6.45) is 4.62. The monoisotopic (exact) mass is 292 g/mol. The van der Waals surface area contributed by atoms with Crippen molar-refractivity contribution in [2.45, 2.75) is 37.3 Å². The van der Waals surface area contributed by atoms with Gasteiger partial charge in [-0.25, -0.2) is 0 Å². The first-order chi connectivity index (χ1) is 9.83. The molecule has 2 heterocycles. The molecule has 0 aliphatic carbocycles. The van der Waals surface area contributed by atoms with E-state index in [0.29, 0.717) is 5.92 Å². The molecule has 4 heteroatoms. The minimum Gasteiger partial charge on any atom is -0.375 e. The van der Waals surface area contributed by atoms with Gasteiger partial charge in [0.1, 0.15) is 0 Å². The number of benzene rings is 1.